The van der Waals surface area contributed by atoms with Gasteiger partial charge in [-0.2, -0.15) is 0 Å². The van der Waals surface area contributed by atoms with Crippen LogP contribution in [0, 0.1) is 13.8 Å². The van der Waals surface area contributed by atoms with E-state index in [1.807, 2.05) is 11.3 Å². The summed E-state index contributed by atoms with van der Waals surface area (Å²) in [5.41, 5.74) is 3.61. The highest BCUT2D eigenvalue weighted by Gasteiger charge is 2.26. The molecule has 0 spiro atoms. The molecule has 3 nitrogen and oxygen atoms in total. The van der Waals surface area contributed by atoms with Crippen molar-refractivity contribution >= 4 is 11.3 Å². The lowest BCUT2D eigenvalue weighted by Gasteiger charge is -2.34. The van der Waals surface area contributed by atoms with E-state index >= 15 is 0 Å². The molecule has 1 N–H and O–H groups in total. The number of rotatable bonds is 3. The van der Waals surface area contributed by atoms with Crippen LogP contribution in [-0.4, -0.2) is 36.1 Å². The van der Waals surface area contributed by atoms with E-state index < -0.39 is 0 Å². The number of aryl methyl sites for hydroxylation is 2. The average molecular weight is 287 g/mol. The Morgan fingerprint density at radius 1 is 1.25 bits per heavy atom. The molecular formula is C16H21N3S. The SMILES string of the molecule is Cc1csc(C(c2cccc(C)n2)N2CCNCC2)c1. The van der Waals surface area contributed by atoms with Crippen LogP contribution in [0.15, 0.2) is 29.6 Å². The fourth-order valence-electron chi connectivity index (χ4n) is 2.77. The number of aromatic nitrogens is 1. The highest BCUT2D eigenvalue weighted by atomic mass is 32.1. The van der Waals surface area contributed by atoms with Gasteiger partial charge in [0.05, 0.1) is 11.7 Å². The molecule has 2 aromatic rings. The van der Waals surface area contributed by atoms with Gasteiger partial charge in [0.1, 0.15) is 0 Å². The summed E-state index contributed by atoms with van der Waals surface area (Å²) in [6, 6.07) is 8.96. The first kappa shape index (κ1) is 13.7. The molecule has 1 aliphatic rings. The minimum absolute atomic E-state index is 0.302. The largest absolute Gasteiger partial charge is 0.314 e. The van der Waals surface area contributed by atoms with Crippen molar-refractivity contribution in [2.24, 2.45) is 0 Å². The third-order valence-corrected chi connectivity index (χ3v) is 4.83. The Bertz CT molecular complexity index is 573. The Morgan fingerprint density at radius 3 is 2.70 bits per heavy atom. The first-order valence-electron chi connectivity index (χ1n) is 7.17. The van der Waals surface area contributed by atoms with Crippen LogP contribution in [-0.2, 0) is 0 Å². The molecule has 4 heteroatoms. The lowest BCUT2D eigenvalue weighted by Crippen LogP contribution is -2.45. The summed E-state index contributed by atoms with van der Waals surface area (Å²) in [6.45, 7) is 8.52. The molecule has 0 aromatic carbocycles. The number of hydrogen-bond donors (Lipinski definition) is 1. The van der Waals surface area contributed by atoms with Crippen LogP contribution in [0.1, 0.15) is 27.9 Å². The van der Waals surface area contributed by atoms with Crippen molar-refractivity contribution in [2.75, 3.05) is 26.2 Å². The van der Waals surface area contributed by atoms with E-state index in [2.05, 4.69) is 53.7 Å². The topological polar surface area (TPSA) is 28.2 Å². The van der Waals surface area contributed by atoms with E-state index in [0.29, 0.717) is 6.04 Å². The van der Waals surface area contributed by atoms with Crippen LogP contribution < -0.4 is 5.32 Å². The second-order valence-corrected chi connectivity index (χ2v) is 6.36. The molecule has 3 heterocycles. The molecule has 2 aromatic heterocycles. The van der Waals surface area contributed by atoms with E-state index in [0.717, 1.165) is 31.9 Å². The second-order valence-electron chi connectivity index (χ2n) is 5.42. The Hall–Kier alpha value is -1.23. The number of nitrogens with zero attached hydrogens (tertiary/aromatic N) is 2. The molecule has 0 aliphatic carbocycles. The first-order valence-corrected chi connectivity index (χ1v) is 8.05. The van der Waals surface area contributed by atoms with Gasteiger partial charge in [0.15, 0.2) is 0 Å². The lowest BCUT2D eigenvalue weighted by atomic mass is 10.1. The van der Waals surface area contributed by atoms with Crippen molar-refractivity contribution < 1.29 is 0 Å². The summed E-state index contributed by atoms with van der Waals surface area (Å²) in [6.07, 6.45) is 0. The van der Waals surface area contributed by atoms with Gasteiger partial charge in [0, 0.05) is 36.8 Å². The molecule has 1 atom stereocenters. The van der Waals surface area contributed by atoms with Crippen molar-refractivity contribution in [1.82, 2.24) is 15.2 Å². The van der Waals surface area contributed by atoms with Crippen LogP contribution in [0.3, 0.4) is 0 Å². The summed E-state index contributed by atoms with van der Waals surface area (Å²) in [5.74, 6) is 0. The molecular weight excluding hydrogens is 266 g/mol. The first-order chi connectivity index (χ1) is 9.74. The molecule has 0 radical (unpaired) electrons. The molecule has 0 amide bonds. The fourth-order valence-corrected chi connectivity index (χ4v) is 3.81. The van der Waals surface area contributed by atoms with Crippen LogP contribution in [0.2, 0.25) is 0 Å². The lowest BCUT2D eigenvalue weighted by molar-refractivity contribution is 0.197. The summed E-state index contributed by atoms with van der Waals surface area (Å²) in [4.78, 5) is 8.73. The van der Waals surface area contributed by atoms with E-state index in [1.54, 1.807) is 0 Å². The van der Waals surface area contributed by atoms with E-state index in [9.17, 15) is 0 Å². The van der Waals surface area contributed by atoms with Gasteiger partial charge in [-0.05, 0) is 43.0 Å². The molecule has 1 fully saturated rings. The second kappa shape index (κ2) is 6.04. The summed E-state index contributed by atoms with van der Waals surface area (Å²) >= 11 is 1.85. The molecule has 1 aliphatic heterocycles. The van der Waals surface area contributed by atoms with Crippen LogP contribution in [0.25, 0.3) is 0 Å². The third-order valence-electron chi connectivity index (χ3n) is 3.73. The molecule has 3 rings (SSSR count). The quantitative estimate of drug-likeness (QED) is 0.941. The fraction of sp³-hybridized carbons (Fsp3) is 0.438. The Morgan fingerprint density at radius 2 is 2.05 bits per heavy atom. The van der Waals surface area contributed by atoms with Crippen molar-refractivity contribution in [3.63, 3.8) is 0 Å². The van der Waals surface area contributed by atoms with Crippen molar-refractivity contribution in [3.05, 3.63) is 51.5 Å². The molecule has 106 valence electrons. The van der Waals surface area contributed by atoms with Crippen LogP contribution in [0.4, 0.5) is 0 Å². The maximum absolute atomic E-state index is 4.78. The van der Waals surface area contributed by atoms with E-state index in [-0.39, 0.29) is 0 Å². The van der Waals surface area contributed by atoms with Gasteiger partial charge < -0.3 is 5.32 Å². The van der Waals surface area contributed by atoms with Gasteiger partial charge in [0.2, 0.25) is 0 Å². The van der Waals surface area contributed by atoms with E-state index in [4.69, 9.17) is 4.98 Å². The monoisotopic (exact) mass is 287 g/mol. The minimum Gasteiger partial charge on any atom is -0.314 e. The van der Waals surface area contributed by atoms with Crippen molar-refractivity contribution in [1.29, 1.82) is 0 Å². The molecule has 1 saturated heterocycles. The smallest absolute Gasteiger partial charge is 0.0871 e. The number of thiophene rings is 1. The predicted octanol–water partition coefficient (Wildman–Crippen LogP) is 2.75. The average Bonchev–Trinajstić information content (AvgIpc) is 2.87. The predicted molar refractivity (Wildman–Crippen MR) is 84.3 cm³/mol. The van der Waals surface area contributed by atoms with Gasteiger partial charge in [-0.3, -0.25) is 9.88 Å². The maximum Gasteiger partial charge on any atom is 0.0871 e. The zero-order chi connectivity index (χ0) is 13.9. The van der Waals surface area contributed by atoms with Crippen LogP contribution in [0.5, 0.6) is 0 Å². The summed E-state index contributed by atoms with van der Waals surface area (Å²) in [5, 5.41) is 5.67. The Balaban J connectivity index is 1.98. The normalized spacial score (nSPS) is 18.1. The molecule has 0 saturated carbocycles. The number of hydrogen-bond acceptors (Lipinski definition) is 4. The zero-order valence-electron chi connectivity index (χ0n) is 12.1. The van der Waals surface area contributed by atoms with Crippen LogP contribution >= 0.6 is 11.3 Å². The van der Waals surface area contributed by atoms with Gasteiger partial charge in [-0.25, -0.2) is 0 Å². The molecule has 20 heavy (non-hydrogen) atoms. The van der Waals surface area contributed by atoms with Crippen molar-refractivity contribution in [3.8, 4) is 0 Å². The highest BCUT2D eigenvalue weighted by molar-refractivity contribution is 7.10. The standard InChI is InChI=1S/C16H21N3S/c1-12-10-15(20-11-12)16(19-8-6-17-7-9-19)14-5-3-4-13(2)18-14/h3-5,10-11,16-17H,6-9H2,1-2H3. The molecule has 0 bridgehead atoms. The summed E-state index contributed by atoms with van der Waals surface area (Å²) < 4.78 is 0. The number of piperazine rings is 1. The number of nitrogens with one attached hydrogen (secondary N) is 1. The number of pyridine rings is 1. The minimum atomic E-state index is 0.302. The molecule has 1 unspecified atom stereocenters. The van der Waals surface area contributed by atoms with Gasteiger partial charge in [-0.1, -0.05) is 6.07 Å². The summed E-state index contributed by atoms with van der Waals surface area (Å²) in [7, 11) is 0. The Labute approximate surface area is 124 Å². The third kappa shape index (κ3) is 2.92. The van der Waals surface area contributed by atoms with Gasteiger partial charge >= 0.3 is 0 Å². The highest BCUT2D eigenvalue weighted by Crippen LogP contribution is 2.32. The van der Waals surface area contributed by atoms with Crippen molar-refractivity contribution in [2.45, 2.75) is 19.9 Å². The van der Waals surface area contributed by atoms with Gasteiger partial charge in [-0.15, -0.1) is 11.3 Å². The zero-order valence-corrected chi connectivity index (χ0v) is 12.9. The Kier molecular flexibility index (Phi) is 4.15. The van der Waals surface area contributed by atoms with Gasteiger partial charge in [0.25, 0.3) is 0 Å². The van der Waals surface area contributed by atoms with E-state index in [1.165, 1.54) is 16.1 Å². The maximum atomic E-state index is 4.78.